The molecule has 1 aliphatic heterocycles. The first kappa shape index (κ1) is 26.3. The van der Waals surface area contributed by atoms with E-state index < -0.39 is 23.6 Å². The molecule has 0 saturated carbocycles. The van der Waals surface area contributed by atoms with Gasteiger partial charge in [0.05, 0.1) is 40.6 Å². The van der Waals surface area contributed by atoms with Crippen molar-refractivity contribution in [3.63, 3.8) is 0 Å². The van der Waals surface area contributed by atoms with Crippen LogP contribution in [0, 0.1) is 11.6 Å². The highest BCUT2D eigenvalue weighted by Gasteiger charge is 2.33. The number of benzene rings is 2. The second-order valence-electron chi connectivity index (χ2n) is 8.63. The lowest BCUT2D eigenvalue weighted by molar-refractivity contribution is -0.139. The Morgan fingerprint density at radius 2 is 1.87 bits per heavy atom. The Balaban J connectivity index is 1.61. The lowest BCUT2D eigenvalue weighted by atomic mass is 9.96. The summed E-state index contributed by atoms with van der Waals surface area (Å²) in [4.78, 5) is 31.7. The van der Waals surface area contributed by atoms with Crippen molar-refractivity contribution in [2.45, 2.75) is 26.8 Å². The van der Waals surface area contributed by atoms with Gasteiger partial charge in [0.1, 0.15) is 28.9 Å². The number of nitrogens with zero attached hydrogens (tertiary/aromatic N) is 2. The number of thiazole rings is 1. The van der Waals surface area contributed by atoms with Crippen molar-refractivity contribution < 1.29 is 27.5 Å². The molecule has 1 aliphatic rings. The van der Waals surface area contributed by atoms with Crippen LogP contribution in [0.25, 0.3) is 17.4 Å². The van der Waals surface area contributed by atoms with Crippen LogP contribution in [0.1, 0.15) is 38.1 Å². The van der Waals surface area contributed by atoms with Gasteiger partial charge in [-0.2, -0.15) is 0 Å². The number of halogens is 2. The second kappa shape index (κ2) is 10.8. The minimum Gasteiger partial charge on any atom is -0.494 e. The lowest BCUT2D eigenvalue weighted by Crippen LogP contribution is -2.39. The molecule has 1 atom stereocenters. The van der Waals surface area contributed by atoms with Gasteiger partial charge in [-0.15, -0.1) is 0 Å². The highest BCUT2D eigenvalue weighted by molar-refractivity contribution is 7.07. The highest BCUT2D eigenvalue weighted by Crippen LogP contribution is 2.32. The van der Waals surface area contributed by atoms with Gasteiger partial charge in [0.25, 0.3) is 5.56 Å². The van der Waals surface area contributed by atoms with Crippen molar-refractivity contribution in [2.24, 2.45) is 4.99 Å². The molecule has 4 aromatic rings. The molecule has 10 heteroatoms. The molecule has 0 bridgehead atoms. The van der Waals surface area contributed by atoms with E-state index in [1.807, 2.05) is 6.92 Å². The minimum atomic E-state index is -0.765. The standard InChI is InChI=1S/C29H24F2N2O5S/c1-4-36-19-9-6-17(7-10-19)26-25(28(35)37-5-2)16(3)32-29-33(26)27(34)24(39-29)15-20-11-13-23(38-20)21-12-8-18(30)14-22(21)31/h6-15,26H,4-5H2,1-3H3/b24-15-/t26-/m0/s1. The van der Waals surface area contributed by atoms with Gasteiger partial charge in [0, 0.05) is 12.1 Å². The van der Waals surface area contributed by atoms with E-state index in [0.29, 0.717) is 38.7 Å². The van der Waals surface area contributed by atoms with Crippen LogP contribution in [0.15, 0.2) is 80.1 Å². The van der Waals surface area contributed by atoms with Crippen LogP contribution >= 0.6 is 11.3 Å². The zero-order valence-corrected chi connectivity index (χ0v) is 22.2. The number of carbonyl (C=O) groups excluding carboxylic acids is 1. The molecular weight excluding hydrogens is 526 g/mol. The summed E-state index contributed by atoms with van der Waals surface area (Å²) in [6, 6.07) is 12.8. The molecule has 2 aromatic heterocycles. The van der Waals surface area contributed by atoms with Crippen molar-refractivity contribution in [3.05, 3.63) is 109 Å². The molecular formula is C29H24F2N2O5S. The van der Waals surface area contributed by atoms with Crippen molar-refractivity contribution in [3.8, 4) is 17.1 Å². The quantitative estimate of drug-likeness (QED) is 0.311. The van der Waals surface area contributed by atoms with E-state index in [0.717, 1.165) is 23.5 Å². The van der Waals surface area contributed by atoms with Gasteiger partial charge < -0.3 is 13.9 Å². The molecule has 39 heavy (non-hydrogen) atoms. The summed E-state index contributed by atoms with van der Waals surface area (Å²) in [5.41, 5.74) is 1.13. The van der Waals surface area contributed by atoms with Crippen LogP contribution in [0.5, 0.6) is 5.75 Å². The second-order valence-corrected chi connectivity index (χ2v) is 9.64. The Hall–Kier alpha value is -4.31. The third kappa shape index (κ3) is 5.07. The largest absolute Gasteiger partial charge is 0.494 e. The molecule has 0 amide bonds. The van der Waals surface area contributed by atoms with Crippen molar-refractivity contribution >= 4 is 23.4 Å². The average Bonchev–Trinajstić information content (AvgIpc) is 3.48. The van der Waals surface area contributed by atoms with Crippen LogP contribution < -0.4 is 19.6 Å². The van der Waals surface area contributed by atoms with Crippen LogP contribution in [0.4, 0.5) is 8.78 Å². The summed E-state index contributed by atoms with van der Waals surface area (Å²) < 4.78 is 45.9. The van der Waals surface area contributed by atoms with Gasteiger partial charge in [-0.3, -0.25) is 9.36 Å². The number of ether oxygens (including phenoxy) is 2. The van der Waals surface area contributed by atoms with E-state index in [-0.39, 0.29) is 29.1 Å². The summed E-state index contributed by atoms with van der Waals surface area (Å²) in [5, 5.41) is 0. The number of furan rings is 1. The van der Waals surface area contributed by atoms with E-state index in [1.54, 1.807) is 50.2 Å². The molecule has 0 fully saturated rings. The van der Waals surface area contributed by atoms with E-state index in [1.165, 1.54) is 16.7 Å². The van der Waals surface area contributed by atoms with E-state index in [9.17, 15) is 18.4 Å². The predicted octanol–water partition coefficient (Wildman–Crippen LogP) is 4.74. The van der Waals surface area contributed by atoms with Crippen molar-refractivity contribution in [2.75, 3.05) is 13.2 Å². The molecule has 0 radical (unpaired) electrons. The third-order valence-electron chi connectivity index (χ3n) is 6.12. The van der Waals surface area contributed by atoms with Crippen molar-refractivity contribution in [1.29, 1.82) is 0 Å². The maximum absolute atomic E-state index is 14.2. The Morgan fingerprint density at radius 3 is 2.56 bits per heavy atom. The summed E-state index contributed by atoms with van der Waals surface area (Å²) in [6.45, 7) is 5.98. The fraction of sp³-hybridized carbons (Fsp3) is 0.207. The van der Waals surface area contributed by atoms with Gasteiger partial charge in [-0.25, -0.2) is 18.6 Å². The van der Waals surface area contributed by atoms with Gasteiger partial charge >= 0.3 is 5.97 Å². The lowest BCUT2D eigenvalue weighted by Gasteiger charge is -2.24. The van der Waals surface area contributed by atoms with Gasteiger partial charge in [0.2, 0.25) is 0 Å². The van der Waals surface area contributed by atoms with Crippen LogP contribution in [-0.4, -0.2) is 23.8 Å². The zero-order chi connectivity index (χ0) is 27.7. The normalized spacial score (nSPS) is 15.2. The molecule has 0 saturated heterocycles. The number of hydrogen-bond acceptors (Lipinski definition) is 7. The van der Waals surface area contributed by atoms with E-state index in [4.69, 9.17) is 13.9 Å². The number of allylic oxidation sites excluding steroid dienone is 1. The number of hydrogen-bond donors (Lipinski definition) is 0. The number of aromatic nitrogens is 1. The molecule has 5 rings (SSSR count). The fourth-order valence-corrected chi connectivity index (χ4v) is 5.44. The SMILES string of the molecule is CCOC(=O)C1=C(C)N=c2s/c(=C\c3ccc(-c4ccc(F)cc4F)o3)c(=O)n2[C@H]1c1ccc(OCC)cc1. The molecule has 0 unspecified atom stereocenters. The number of carbonyl (C=O) groups is 1. The van der Waals surface area contributed by atoms with E-state index >= 15 is 0 Å². The molecule has 0 aliphatic carbocycles. The molecule has 0 N–H and O–H groups in total. The Kier molecular flexibility index (Phi) is 7.30. The van der Waals surface area contributed by atoms with E-state index in [2.05, 4.69) is 4.99 Å². The van der Waals surface area contributed by atoms with Crippen LogP contribution in [0.2, 0.25) is 0 Å². The summed E-state index contributed by atoms with van der Waals surface area (Å²) >= 11 is 1.14. The van der Waals surface area contributed by atoms with Crippen LogP contribution in [-0.2, 0) is 9.53 Å². The smallest absolute Gasteiger partial charge is 0.338 e. The monoisotopic (exact) mass is 550 g/mol. The first-order valence-corrected chi connectivity index (χ1v) is 13.1. The zero-order valence-electron chi connectivity index (χ0n) is 21.4. The van der Waals surface area contributed by atoms with Gasteiger partial charge in [-0.05, 0) is 62.7 Å². The van der Waals surface area contributed by atoms with Crippen LogP contribution in [0.3, 0.4) is 0 Å². The maximum Gasteiger partial charge on any atom is 0.338 e. The minimum absolute atomic E-state index is 0.0997. The first-order chi connectivity index (χ1) is 18.8. The first-order valence-electron chi connectivity index (χ1n) is 12.3. The summed E-state index contributed by atoms with van der Waals surface area (Å²) in [7, 11) is 0. The molecule has 0 spiro atoms. The average molecular weight is 551 g/mol. The van der Waals surface area contributed by atoms with Gasteiger partial charge in [-0.1, -0.05) is 23.5 Å². The summed E-state index contributed by atoms with van der Waals surface area (Å²) in [6.07, 6.45) is 1.54. The topological polar surface area (TPSA) is 83.0 Å². The number of fused-ring (bicyclic) bond motifs is 1. The Bertz CT molecular complexity index is 1770. The molecule has 7 nitrogen and oxygen atoms in total. The molecule has 2 aromatic carbocycles. The number of rotatable bonds is 7. The fourth-order valence-electron chi connectivity index (χ4n) is 4.41. The Labute approximate surface area is 226 Å². The van der Waals surface area contributed by atoms with Gasteiger partial charge in [0.15, 0.2) is 4.80 Å². The highest BCUT2D eigenvalue weighted by atomic mass is 32.1. The predicted molar refractivity (Wildman–Crippen MR) is 142 cm³/mol. The third-order valence-corrected chi connectivity index (χ3v) is 7.10. The van der Waals surface area contributed by atoms with Crippen molar-refractivity contribution in [1.82, 2.24) is 4.57 Å². The summed E-state index contributed by atoms with van der Waals surface area (Å²) in [5.74, 6) is -0.837. The number of esters is 1. The maximum atomic E-state index is 14.2. The molecule has 200 valence electrons. The molecule has 3 heterocycles. The Morgan fingerprint density at radius 1 is 1.10 bits per heavy atom.